The van der Waals surface area contributed by atoms with Crippen LogP contribution in [0.15, 0.2) is 0 Å². The van der Waals surface area contributed by atoms with Gasteiger partial charge in [-0.1, -0.05) is 13.8 Å². The molecule has 1 heteroatoms. The van der Waals surface area contributed by atoms with Gasteiger partial charge in [0.1, 0.15) is 0 Å². The van der Waals surface area contributed by atoms with Crippen LogP contribution < -0.4 is 5.73 Å². The summed E-state index contributed by atoms with van der Waals surface area (Å²) in [6, 6.07) is 0.186. The Labute approximate surface area is 113 Å². The van der Waals surface area contributed by atoms with Crippen molar-refractivity contribution in [2.75, 3.05) is 0 Å². The molecular formula is C17H29N. The van der Waals surface area contributed by atoms with Gasteiger partial charge in [0.2, 0.25) is 0 Å². The monoisotopic (exact) mass is 247 g/mol. The number of benzene rings is 1. The van der Waals surface area contributed by atoms with Crippen LogP contribution in [-0.2, 0) is 0 Å². The highest BCUT2D eigenvalue weighted by molar-refractivity contribution is 5.50. The van der Waals surface area contributed by atoms with Crippen LogP contribution in [0, 0.1) is 40.5 Å². The Morgan fingerprint density at radius 1 is 0.722 bits per heavy atom. The molecule has 0 fully saturated rings. The molecule has 1 aromatic rings. The van der Waals surface area contributed by atoms with Crippen molar-refractivity contribution in [3.05, 3.63) is 33.4 Å². The van der Waals surface area contributed by atoms with E-state index in [2.05, 4.69) is 48.5 Å². The topological polar surface area (TPSA) is 26.0 Å². The third kappa shape index (κ3) is 2.95. The average Bonchev–Trinajstić information content (AvgIpc) is 2.31. The zero-order chi connectivity index (χ0) is 14.0. The van der Waals surface area contributed by atoms with E-state index in [1.165, 1.54) is 39.8 Å². The lowest BCUT2D eigenvalue weighted by Crippen LogP contribution is -2.16. The normalized spacial score (nSPS) is 13.2. The van der Waals surface area contributed by atoms with Crippen molar-refractivity contribution in [3.63, 3.8) is 0 Å². The Bertz CT molecular complexity index is 401. The molecule has 0 aliphatic carbocycles. The number of hydrogen-bond donors (Lipinski definition) is 1. The SMILES string of the molecule is Cc1c(C)c(C)c([C@@H](N)CCC(C)C)c(C)c1C. The maximum Gasteiger partial charge on any atom is 0.0300 e. The highest BCUT2D eigenvalue weighted by Gasteiger charge is 2.17. The van der Waals surface area contributed by atoms with Crippen molar-refractivity contribution in [2.24, 2.45) is 11.7 Å². The molecule has 1 atom stereocenters. The van der Waals surface area contributed by atoms with Gasteiger partial charge in [0.05, 0.1) is 0 Å². The summed E-state index contributed by atoms with van der Waals surface area (Å²) in [4.78, 5) is 0. The van der Waals surface area contributed by atoms with Crippen LogP contribution in [0.5, 0.6) is 0 Å². The largest absolute Gasteiger partial charge is 0.324 e. The first-order valence-electron chi connectivity index (χ1n) is 7.09. The summed E-state index contributed by atoms with van der Waals surface area (Å²) < 4.78 is 0. The average molecular weight is 247 g/mol. The molecule has 1 nitrogen and oxygen atoms in total. The van der Waals surface area contributed by atoms with Gasteiger partial charge in [-0.05, 0) is 86.8 Å². The van der Waals surface area contributed by atoms with Crippen LogP contribution in [0.2, 0.25) is 0 Å². The number of rotatable bonds is 4. The fourth-order valence-electron chi connectivity index (χ4n) is 2.74. The predicted molar refractivity (Wildman–Crippen MR) is 81.1 cm³/mol. The minimum Gasteiger partial charge on any atom is -0.324 e. The lowest BCUT2D eigenvalue weighted by Gasteiger charge is -2.23. The minimum absolute atomic E-state index is 0.186. The van der Waals surface area contributed by atoms with E-state index >= 15 is 0 Å². The van der Waals surface area contributed by atoms with Crippen LogP contribution in [0.4, 0.5) is 0 Å². The van der Waals surface area contributed by atoms with Crippen molar-refractivity contribution >= 4 is 0 Å². The molecule has 2 N–H and O–H groups in total. The fraction of sp³-hybridized carbons (Fsp3) is 0.647. The van der Waals surface area contributed by atoms with Crippen molar-refractivity contribution in [1.82, 2.24) is 0 Å². The van der Waals surface area contributed by atoms with Gasteiger partial charge in [0.15, 0.2) is 0 Å². The molecule has 0 aliphatic rings. The summed E-state index contributed by atoms with van der Waals surface area (Å²) in [5, 5.41) is 0. The smallest absolute Gasteiger partial charge is 0.0300 e. The third-order valence-electron chi connectivity index (χ3n) is 4.48. The van der Waals surface area contributed by atoms with Crippen molar-refractivity contribution < 1.29 is 0 Å². The Balaban J connectivity index is 3.16. The molecule has 0 bridgehead atoms. The van der Waals surface area contributed by atoms with E-state index in [0.29, 0.717) is 0 Å². The molecule has 0 saturated carbocycles. The highest BCUT2D eigenvalue weighted by Crippen LogP contribution is 2.31. The first kappa shape index (κ1) is 15.2. The van der Waals surface area contributed by atoms with Gasteiger partial charge in [0.25, 0.3) is 0 Å². The van der Waals surface area contributed by atoms with Gasteiger partial charge >= 0.3 is 0 Å². The van der Waals surface area contributed by atoms with E-state index in [1.54, 1.807) is 0 Å². The second-order valence-electron chi connectivity index (χ2n) is 6.12. The van der Waals surface area contributed by atoms with E-state index in [0.717, 1.165) is 12.3 Å². The van der Waals surface area contributed by atoms with Gasteiger partial charge in [-0.2, -0.15) is 0 Å². The molecule has 18 heavy (non-hydrogen) atoms. The molecule has 0 radical (unpaired) electrons. The molecule has 0 unspecified atom stereocenters. The lowest BCUT2D eigenvalue weighted by atomic mass is 9.85. The first-order chi connectivity index (χ1) is 8.27. The van der Waals surface area contributed by atoms with Crippen molar-refractivity contribution in [1.29, 1.82) is 0 Å². The highest BCUT2D eigenvalue weighted by atomic mass is 14.6. The van der Waals surface area contributed by atoms with Gasteiger partial charge in [-0.25, -0.2) is 0 Å². The maximum atomic E-state index is 6.43. The standard InChI is InChI=1S/C17H29N/c1-10(2)8-9-16(18)17-14(6)12(4)11(3)13(5)15(17)7/h10,16H,8-9,18H2,1-7H3/t16-/m0/s1. The fourth-order valence-corrected chi connectivity index (χ4v) is 2.74. The molecule has 0 aliphatic heterocycles. The Morgan fingerprint density at radius 2 is 1.11 bits per heavy atom. The summed E-state index contributed by atoms with van der Waals surface area (Å²) in [6.07, 6.45) is 2.29. The van der Waals surface area contributed by atoms with Gasteiger partial charge in [-0.15, -0.1) is 0 Å². The summed E-state index contributed by atoms with van der Waals surface area (Å²) in [7, 11) is 0. The molecule has 102 valence electrons. The van der Waals surface area contributed by atoms with Gasteiger partial charge in [-0.3, -0.25) is 0 Å². The molecular weight excluding hydrogens is 218 g/mol. The number of hydrogen-bond acceptors (Lipinski definition) is 1. The van der Waals surface area contributed by atoms with Crippen LogP contribution in [-0.4, -0.2) is 0 Å². The van der Waals surface area contributed by atoms with E-state index in [4.69, 9.17) is 5.73 Å². The van der Waals surface area contributed by atoms with Crippen LogP contribution in [0.3, 0.4) is 0 Å². The van der Waals surface area contributed by atoms with Gasteiger partial charge < -0.3 is 5.73 Å². The maximum absolute atomic E-state index is 6.43. The second-order valence-corrected chi connectivity index (χ2v) is 6.12. The molecule has 1 rings (SSSR count). The van der Waals surface area contributed by atoms with E-state index in [-0.39, 0.29) is 6.04 Å². The summed E-state index contributed by atoms with van der Waals surface area (Å²) in [5.74, 6) is 0.726. The third-order valence-corrected chi connectivity index (χ3v) is 4.48. The summed E-state index contributed by atoms with van der Waals surface area (Å²) in [5.41, 5.74) is 14.9. The van der Waals surface area contributed by atoms with E-state index < -0.39 is 0 Å². The van der Waals surface area contributed by atoms with Crippen LogP contribution in [0.1, 0.15) is 66.1 Å². The van der Waals surface area contributed by atoms with Gasteiger partial charge in [0, 0.05) is 6.04 Å². The van der Waals surface area contributed by atoms with Crippen LogP contribution >= 0.6 is 0 Å². The Morgan fingerprint density at radius 3 is 1.50 bits per heavy atom. The zero-order valence-corrected chi connectivity index (χ0v) is 13.1. The lowest BCUT2D eigenvalue weighted by molar-refractivity contribution is 0.505. The van der Waals surface area contributed by atoms with E-state index in [1.807, 2.05) is 0 Å². The quantitative estimate of drug-likeness (QED) is 0.822. The zero-order valence-electron chi connectivity index (χ0n) is 13.1. The molecule has 0 aromatic heterocycles. The number of nitrogens with two attached hydrogens (primary N) is 1. The molecule has 0 spiro atoms. The summed E-state index contributed by atoms with van der Waals surface area (Å²) in [6.45, 7) is 15.6. The minimum atomic E-state index is 0.186. The van der Waals surface area contributed by atoms with E-state index in [9.17, 15) is 0 Å². The summed E-state index contributed by atoms with van der Waals surface area (Å²) >= 11 is 0. The molecule has 0 amide bonds. The molecule has 1 aromatic carbocycles. The molecule has 0 saturated heterocycles. The van der Waals surface area contributed by atoms with Crippen molar-refractivity contribution in [2.45, 2.75) is 67.3 Å². The molecule has 0 heterocycles. The first-order valence-corrected chi connectivity index (χ1v) is 7.09. The van der Waals surface area contributed by atoms with Crippen molar-refractivity contribution in [3.8, 4) is 0 Å². The Kier molecular flexibility index (Phi) is 4.98. The predicted octanol–water partition coefficient (Wildman–Crippen LogP) is 4.66. The Hall–Kier alpha value is -0.820. The second kappa shape index (κ2) is 5.88. The van der Waals surface area contributed by atoms with Crippen LogP contribution in [0.25, 0.3) is 0 Å².